The van der Waals surface area contributed by atoms with Crippen molar-refractivity contribution >= 4 is 44.7 Å². The van der Waals surface area contributed by atoms with Crippen molar-refractivity contribution in [3.05, 3.63) is 49.8 Å². The molecule has 1 aliphatic carbocycles. The molecule has 31 heavy (non-hydrogen) atoms. The number of methoxy groups -OCH3 is 1. The molecule has 1 aromatic carbocycles. The number of aryl methyl sites for hydroxylation is 2. The van der Waals surface area contributed by atoms with Crippen LogP contribution in [0.1, 0.15) is 29.1 Å². The fraction of sp³-hybridized carbons (Fsp3) is 0.409. The molecule has 0 atom stereocenters. The Morgan fingerprint density at radius 2 is 2.10 bits per heavy atom. The average molecular weight is 461 g/mol. The van der Waals surface area contributed by atoms with Crippen LogP contribution >= 0.6 is 22.9 Å². The van der Waals surface area contributed by atoms with Crippen LogP contribution in [0, 0.1) is 0 Å². The summed E-state index contributed by atoms with van der Waals surface area (Å²) in [6.45, 7) is 0.326. The number of halogens is 1. The molecule has 3 aromatic rings. The van der Waals surface area contributed by atoms with Gasteiger partial charge in [-0.25, -0.2) is 4.98 Å². The first kappa shape index (κ1) is 21.8. The lowest BCUT2D eigenvalue weighted by Gasteiger charge is -2.17. The van der Waals surface area contributed by atoms with E-state index in [0.29, 0.717) is 34.2 Å². The van der Waals surface area contributed by atoms with Gasteiger partial charge < -0.3 is 15.0 Å². The van der Waals surface area contributed by atoms with Crippen LogP contribution in [0.25, 0.3) is 10.2 Å². The maximum absolute atomic E-state index is 13.5. The maximum Gasteiger partial charge on any atom is 0.263 e. The Labute approximate surface area is 189 Å². The van der Waals surface area contributed by atoms with E-state index in [-0.39, 0.29) is 18.0 Å². The molecule has 2 heterocycles. The second kappa shape index (κ2) is 8.98. The Bertz CT molecular complexity index is 1200. The van der Waals surface area contributed by atoms with Crippen LogP contribution in [0.4, 0.5) is 5.69 Å². The number of nitrogens with zero attached hydrogens (tertiary/aromatic N) is 3. The molecule has 0 aliphatic heterocycles. The van der Waals surface area contributed by atoms with Crippen LogP contribution in [-0.4, -0.2) is 41.6 Å². The standard InChI is InChI=1S/C22H25ClN4O3S/c1-26(2)11-18-25-21-20(14-6-4-5-7-17(14)31-21)22(29)27(18)12-19(28)24-15-10-13(23)8-9-16(15)30-3/h8-10H,4-7,11-12H2,1-3H3,(H,24,28). The van der Waals surface area contributed by atoms with Gasteiger partial charge in [0, 0.05) is 9.90 Å². The van der Waals surface area contributed by atoms with Gasteiger partial charge in [0.05, 0.1) is 24.7 Å². The molecule has 1 amide bonds. The van der Waals surface area contributed by atoms with Gasteiger partial charge in [0.1, 0.15) is 22.9 Å². The van der Waals surface area contributed by atoms with Gasteiger partial charge in [0.15, 0.2) is 0 Å². The largest absolute Gasteiger partial charge is 0.495 e. The SMILES string of the molecule is COc1ccc(Cl)cc1NC(=O)Cn1c(CN(C)C)nc2sc3c(c2c1=O)CCCC3. The molecule has 1 aliphatic rings. The zero-order chi connectivity index (χ0) is 22.1. The van der Waals surface area contributed by atoms with E-state index in [0.717, 1.165) is 36.1 Å². The van der Waals surface area contributed by atoms with E-state index >= 15 is 0 Å². The summed E-state index contributed by atoms with van der Waals surface area (Å²) in [6, 6.07) is 5.00. The topological polar surface area (TPSA) is 76.5 Å². The van der Waals surface area contributed by atoms with Crippen molar-refractivity contribution in [3.63, 3.8) is 0 Å². The van der Waals surface area contributed by atoms with Gasteiger partial charge in [-0.2, -0.15) is 0 Å². The monoisotopic (exact) mass is 460 g/mol. The highest BCUT2D eigenvalue weighted by Crippen LogP contribution is 2.34. The molecule has 0 spiro atoms. The number of carbonyl (C=O) groups excluding carboxylic acids is 1. The molecule has 164 valence electrons. The summed E-state index contributed by atoms with van der Waals surface area (Å²) in [5, 5.41) is 3.97. The Balaban J connectivity index is 1.73. The van der Waals surface area contributed by atoms with Gasteiger partial charge in [-0.05, 0) is 63.5 Å². The fourth-order valence-corrected chi connectivity index (χ4v) is 5.40. The van der Waals surface area contributed by atoms with Gasteiger partial charge in [0.2, 0.25) is 5.91 Å². The van der Waals surface area contributed by atoms with Crippen molar-refractivity contribution < 1.29 is 9.53 Å². The summed E-state index contributed by atoms with van der Waals surface area (Å²) in [5.41, 5.74) is 1.43. The van der Waals surface area contributed by atoms with E-state index in [9.17, 15) is 9.59 Å². The number of anilines is 1. The average Bonchev–Trinajstić information content (AvgIpc) is 3.09. The van der Waals surface area contributed by atoms with Gasteiger partial charge in [-0.1, -0.05) is 11.6 Å². The first-order chi connectivity index (χ1) is 14.9. The maximum atomic E-state index is 13.5. The quantitative estimate of drug-likeness (QED) is 0.607. The fourth-order valence-electron chi connectivity index (χ4n) is 3.96. The van der Waals surface area contributed by atoms with E-state index in [1.807, 2.05) is 19.0 Å². The van der Waals surface area contributed by atoms with Crippen molar-refractivity contribution in [1.29, 1.82) is 0 Å². The molecule has 0 bridgehead atoms. The van der Waals surface area contributed by atoms with Gasteiger partial charge in [-0.15, -0.1) is 11.3 Å². The van der Waals surface area contributed by atoms with E-state index in [1.54, 1.807) is 29.5 Å². The third-order valence-electron chi connectivity index (χ3n) is 5.35. The molecule has 4 rings (SSSR count). The zero-order valence-electron chi connectivity index (χ0n) is 17.8. The summed E-state index contributed by atoms with van der Waals surface area (Å²) in [5.74, 6) is 0.737. The van der Waals surface area contributed by atoms with Crippen LogP contribution < -0.4 is 15.6 Å². The normalized spacial score (nSPS) is 13.5. The molecular weight excluding hydrogens is 436 g/mol. The van der Waals surface area contributed by atoms with Crippen molar-refractivity contribution in [2.75, 3.05) is 26.5 Å². The number of nitrogens with one attached hydrogen (secondary N) is 1. The Morgan fingerprint density at radius 1 is 1.32 bits per heavy atom. The molecule has 0 radical (unpaired) electrons. The predicted molar refractivity (Wildman–Crippen MR) is 125 cm³/mol. The van der Waals surface area contributed by atoms with Crippen molar-refractivity contribution in [1.82, 2.24) is 14.5 Å². The lowest BCUT2D eigenvalue weighted by Crippen LogP contribution is -2.33. The number of thiophene rings is 1. The first-order valence-corrected chi connectivity index (χ1v) is 11.4. The second-order valence-corrected chi connectivity index (χ2v) is 9.46. The third kappa shape index (κ3) is 4.46. The van der Waals surface area contributed by atoms with E-state index in [2.05, 4.69) is 5.32 Å². The highest BCUT2D eigenvalue weighted by atomic mass is 35.5. The molecule has 2 aromatic heterocycles. The van der Waals surface area contributed by atoms with Crippen LogP contribution in [0.2, 0.25) is 5.02 Å². The smallest absolute Gasteiger partial charge is 0.263 e. The number of benzene rings is 1. The molecule has 1 N–H and O–H groups in total. The zero-order valence-corrected chi connectivity index (χ0v) is 19.4. The highest BCUT2D eigenvalue weighted by Gasteiger charge is 2.23. The minimum atomic E-state index is -0.340. The number of ether oxygens (including phenoxy) is 1. The van der Waals surface area contributed by atoms with Crippen molar-refractivity contribution in [2.24, 2.45) is 0 Å². The summed E-state index contributed by atoms with van der Waals surface area (Å²) < 4.78 is 6.80. The summed E-state index contributed by atoms with van der Waals surface area (Å²) in [4.78, 5) is 35.2. The molecule has 0 unspecified atom stereocenters. The van der Waals surface area contributed by atoms with Crippen molar-refractivity contribution in [2.45, 2.75) is 38.8 Å². The number of aromatic nitrogens is 2. The molecule has 0 saturated carbocycles. The molecule has 0 fully saturated rings. The Hall–Kier alpha value is -2.42. The summed E-state index contributed by atoms with van der Waals surface area (Å²) in [7, 11) is 5.35. The molecule has 9 heteroatoms. The van der Waals surface area contributed by atoms with E-state index < -0.39 is 0 Å². The van der Waals surface area contributed by atoms with Gasteiger partial charge in [0.25, 0.3) is 5.56 Å². The van der Waals surface area contributed by atoms with Crippen LogP contribution in [0.15, 0.2) is 23.0 Å². The predicted octanol–water partition coefficient (Wildman–Crippen LogP) is 3.70. The van der Waals surface area contributed by atoms with Crippen LogP contribution in [-0.2, 0) is 30.7 Å². The number of amides is 1. The van der Waals surface area contributed by atoms with Crippen LogP contribution in [0.5, 0.6) is 5.75 Å². The number of fused-ring (bicyclic) bond motifs is 3. The van der Waals surface area contributed by atoms with Crippen molar-refractivity contribution in [3.8, 4) is 5.75 Å². The highest BCUT2D eigenvalue weighted by molar-refractivity contribution is 7.18. The van der Waals surface area contributed by atoms with Crippen LogP contribution in [0.3, 0.4) is 0 Å². The lowest BCUT2D eigenvalue weighted by atomic mass is 9.97. The minimum Gasteiger partial charge on any atom is -0.495 e. The molecule has 0 saturated heterocycles. The van der Waals surface area contributed by atoms with E-state index in [4.69, 9.17) is 21.3 Å². The molecular formula is C22H25ClN4O3S. The Kier molecular flexibility index (Phi) is 6.31. The number of hydrogen-bond donors (Lipinski definition) is 1. The number of rotatable bonds is 6. The van der Waals surface area contributed by atoms with E-state index in [1.165, 1.54) is 16.6 Å². The molecule has 7 nitrogen and oxygen atoms in total. The van der Waals surface area contributed by atoms with Gasteiger partial charge in [-0.3, -0.25) is 14.2 Å². The lowest BCUT2D eigenvalue weighted by molar-refractivity contribution is -0.116. The number of hydrogen-bond acceptors (Lipinski definition) is 6. The third-order valence-corrected chi connectivity index (χ3v) is 6.77. The summed E-state index contributed by atoms with van der Waals surface area (Å²) >= 11 is 7.69. The number of carbonyl (C=O) groups is 1. The Morgan fingerprint density at radius 3 is 2.84 bits per heavy atom. The van der Waals surface area contributed by atoms with Gasteiger partial charge >= 0.3 is 0 Å². The second-order valence-electron chi connectivity index (χ2n) is 7.94. The minimum absolute atomic E-state index is 0.134. The first-order valence-electron chi connectivity index (χ1n) is 10.2. The summed E-state index contributed by atoms with van der Waals surface area (Å²) in [6.07, 6.45) is 4.11.